The van der Waals surface area contributed by atoms with Crippen molar-refractivity contribution < 1.29 is 14.3 Å². The van der Waals surface area contributed by atoms with Gasteiger partial charge in [0.15, 0.2) is 5.96 Å². The van der Waals surface area contributed by atoms with Crippen molar-refractivity contribution in [3.05, 3.63) is 0 Å². The fourth-order valence-corrected chi connectivity index (χ4v) is 3.43. The van der Waals surface area contributed by atoms with E-state index in [0.717, 1.165) is 51.5 Å². The molecule has 0 aliphatic carbocycles. The van der Waals surface area contributed by atoms with Crippen molar-refractivity contribution in [3.63, 3.8) is 0 Å². The smallest absolute Gasteiger partial charge is 0.407 e. The van der Waals surface area contributed by atoms with Crippen LogP contribution >= 0.6 is 24.0 Å². The van der Waals surface area contributed by atoms with Crippen molar-refractivity contribution in [2.24, 2.45) is 4.99 Å². The molecule has 0 aromatic carbocycles. The SMILES string of the molecule is CCCCC(CNC(=O)OC(C)(C)C)NC(=NC)NCC1CCCN1CCOC.I. The number of carbonyl (C=O) groups is 1. The van der Waals surface area contributed by atoms with E-state index in [-0.39, 0.29) is 36.1 Å². The molecule has 2 atom stereocenters. The first-order valence-electron chi connectivity index (χ1n) is 11.0. The van der Waals surface area contributed by atoms with Crippen LogP contribution in [0.25, 0.3) is 0 Å². The molecule has 30 heavy (non-hydrogen) atoms. The molecule has 9 heteroatoms. The molecule has 1 aliphatic rings. The Bertz CT molecular complexity index is 500. The van der Waals surface area contributed by atoms with Crippen molar-refractivity contribution in [3.8, 4) is 0 Å². The van der Waals surface area contributed by atoms with Gasteiger partial charge in [0, 0.05) is 45.9 Å². The van der Waals surface area contributed by atoms with Gasteiger partial charge in [0.05, 0.1) is 6.61 Å². The van der Waals surface area contributed by atoms with E-state index >= 15 is 0 Å². The van der Waals surface area contributed by atoms with Crippen LogP contribution in [0, 0.1) is 0 Å². The summed E-state index contributed by atoms with van der Waals surface area (Å²) >= 11 is 0. The van der Waals surface area contributed by atoms with Crippen molar-refractivity contribution in [1.82, 2.24) is 20.9 Å². The van der Waals surface area contributed by atoms with Crippen LogP contribution in [-0.2, 0) is 9.47 Å². The van der Waals surface area contributed by atoms with Crippen molar-refractivity contribution >= 4 is 36.0 Å². The van der Waals surface area contributed by atoms with Gasteiger partial charge in [-0.1, -0.05) is 19.8 Å². The number of hydrogen-bond acceptors (Lipinski definition) is 5. The summed E-state index contributed by atoms with van der Waals surface area (Å²) in [5, 5.41) is 9.80. The molecule has 0 bridgehead atoms. The Balaban J connectivity index is 0.00000841. The monoisotopic (exact) mass is 541 g/mol. The number of methoxy groups -OCH3 is 1. The Kier molecular flexibility index (Phi) is 15.5. The molecule has 1 aliphatic heterocycles. The molecule has 1 heterocycles. The van der Waals surface area contributed by atoms with E-state index in [1.54, 1.807) is 14.2 Å². The summed E-state index contributed by atoms with van der Waals surface area (Å²) in [7, 11) is 3.53. The lowest BCUT2D eigenvalue weighted by atomic mass is 10.1. The molecule has 1 amide bonds. The van der Waals surface area contributed by atoms with Crippen LogP contribution in [0.2, 0.25) is 0 Å². The summed E-state index contributed by atoms with van der Waals surface area (Å²) in [6.45, 7) is 12.0. The van der Waals surface area contributed by atoms with Gasteiger partial charge in [0.25, 0.3) is 0 Å². The highest BCUT2D eigenvalue weighted by Crippen LogP contribution is 2.15. The summed E-state index contributed by atoms with van der Waals surface area (Å²) in [6, 6.07) is 0.597. The molecule has 2 unspecified atom stereocenters. The number of guanidine groups is 1. The normalized spacial score (nSPS) is 18.5. The number of carbonyl (C=O) groups excluding carboxylic acids is 1. The topological polar surface area (TPSA) is 87.2 Å². The Labute approximate surface area is 200 Å². The van der Waals surface area contributed by atoms with E-state index in [2.05, 4.69) is 32.8 Å². The number of aliphatic imine (C=N–C) groups is 1. The molecular formula is C21H44IN5O3. The molecule has 178 valence electrons. The lowest BCUT2D eigenvalue weighted by Gasteiger charge is -2.27. The first kappa shape index (κ1) is 29.2. The number of rotatable bonds is 11. The molecule has 0 saturated carbocycles. The summed E-state index contributed by atoms with van der Waals surface area (Å²) in [5.41, 5.74) is -0.496. The fraction of sp³-hybridized carbons (Fsp3) is 0.905. The van der Waals surface area contributed by atoms with Crippen molar-refractivity contribution in [2.45, 2.75) is 77.5 Å². The van der Waals surface area contributed by atoms with Gasteiger partial charge in [0.2, 0.25) is 0 Å². The van der Waals surface area contributed by atoms with Gasteiger partial charge in [-0.15, -0.1) is 24.0 Å². The predicted octanol–water partition coefficient (Wildman–Crippen LogP) is 2.96. The molecule has 0 aromatic heterocycles. The maximum absolute atomic E-state index is 12.0. The Morgan fingerprint density at radius 2 is 2.03 bits per heavy atom. The van der Waals surface area contributed by atoms with Gasteiger partial charge in [0.1, 0.15) is 5.60 Å². The van der Waals surface area contributed by atoms with Crippen LogP contribution in [0.15, 0.2) is 4.99 Å². The zero-order valence-electron chi connectivity index (χ0n) is 19.8. The molecular weight excluding hydrogens is 497 g/mol. The third-order valence-corrected chi connectivity index (χ3v) is 4.95. The van der Waals surface area contributed by atoms with Gasteiger partial charge >= 0.3 is 6.09 Å². The summed E-state index contributed by atoms with van der Waals surface area (Å²) < 4.78 is 10.6. The molecule has 0 spiro atoms. The molecule has 1 saturated heterocycles. The van der Waals surface area contributed by atoms with E-state index in [9.17, 15) is 4.79 Å². The average molecular weight is 542 g/mol. The number of ether oxygens (including phenoxy) is 2. The second kappa shape index (κ2) is 15.9. The Hall–Kier alpha value is -0.810. The molecule has 1 fully saturated rings. The summed E-state index contributed by atoms with van der Waals surface area (Å²) in [4.78, 5) is 18.8. The first-order chi connectivity index (χ1) is 13.8. The molecule has 0 radical (unpaired) electrons. The van der Waals surface area contributed by atoms with Gasteiger partial charge < -0.3 is 25.4 Å². The minimum Gasteiger partial charge on any atom is -0.444 e. The lowest BCUT2D eigenvalue weighted by molar-refractivity contribution is 0.0522. The largest absolute Gasteiger partial charge is 0.444 e. The van der Waals surface area contributed by atoms with E-state index in [0.29, 0.717) is 12.6 Å². The highest BCUT2D eigenvalue weighted by molar-refractivity contribution is 14.0. The highest BCUT2D eigenvalue weighted by atomic mass is 127. The first-order valence-corrected chi connectivity index (χ1v) is 11.0. The van der Waals surface area contributed by atoms with Crippen LogP contribution in [-0.4, -0.2) is 81.6 Å². The Morgan fingerprint density at radius 3 is 2.63 bits per heavy atom. The number of unbranched alkanes of at least 4 members (excludes halogenated alkanes) is 1. The second-order valence-electron chi connectivity index (χ2n) is 8.64. The van der Waals surface area contributed by atoms with Gasteiger partial charge in [-0.25, -0.2) is 4.79 Å². The number of hydrogen-bond donors (Lipinski definition) is 3. The van der Waals surface area contributed by atoms with Crippen LogP contribution < -0.4 is 16.0 Å². The quantitative estimate of drug-likeness (QED) is 0.212. The van der Waals surface area contributed by atoms with Crippen LogP contribution in [0.3, 0.4) is 0 Å². The van der Waals surface area contributed by atoms with Gasteiger partial charge in [-0.2, -0.15) is 0 Å². The van der Waals surface area contributed by atoms with E-state index in [1.165, 1.54) is 12.8 Å². The maximum Gasteiger partial charge on any atom is 0.407 e. The minimum atomic E-state index is -0.496. The molecule has 1 rings (SSSR count). The standard InChI is InChI=1S/C21H43N5O3.HI/c1-7-8-10-17(15-24-20(27)29-21(2,3)4)25-19(22-5)23-16-18-11-9-12-26(18)13-14-28-6;/h17-18H,7-16H2,1-6H3,(H,24,27)(H2,22,23,25);1H. The molecule has 3 N–H and O–H groups in total. The van der Waals surface area contributed by atoms with E-state index < -0.39 is 5.60 Å². The number of nitrogens with zero attached hydrogens (tertiary/aromatic N) is 2. The highest BCUT2D eigenvalue weighted by Gasteiger charge is 2.24. The third kappa shape index (κ3) is 12.8. The molecule has 8 nitrogen and oxygen atoms in total. The number of halogens is 1. The van der Waals surface area contributed by atoms with Crippen LogP contribution in [0.1, 0.15) is 59.8 Å². The van der Waals surface area contributed by atoms with Gasteiger partial charge in [-0.05, 0) is 46.6 Å². The molecule has 0 aromatic rings. The number of nitrogens with one attached hydrogen (secondary N) is 3. The predicted molar refractivity (Wildman–Crippen MR) is 134 cm³/mol. The second-order valence-corrected chi connectivity index (χ2v) is 8.64. The van der Waals surface area contributed by atoms with Crippen molar-refractivity contribution in [2.75, 3.05) is 46.9 Å². The zero-order chi connectivity index (χ0) is 21.7. The lowest BCUT2D eigenvalue weighted by Crippen LogP contribution is -2.51. The Morgan fingerprint density at radius 1 is 1.30 bits per heavy atom. The van der Waals surface area contributed by atoms with E-state index in [1.807, 2.05) is 20.8 Å². The zero-order valence-corrected chi connectivity index (χ0v) is 22.1. The van der Waals surface area contributed by atoms with Crippen molar-refractivity contribution in [1.29, 1.82) is 0 Å². The minimum absolute atomic E-state index is 0. The third-order valence-electron chi connectivity index (χ3n) is 4.95. The van der Waals surface area contributed by atoms with Gasteiger partial charge in [-0.3, -0.25) is 9.89 Å². The van der Waals surface area contributed by atoms with Crippen LogP contribution in [0.5, 0.6) is 0 Å². The van der Waals surface area contributed by atoms with Crippen LogP contribution in [0.4, 0.5) is 4.79 Å². The number of amides is 1. The number of likely N-dealkylation sites (tertiary alicyclic amines) is 1. The fourth-order valence-electron chi connectivity index (χ4n) is 3.43. The maximum atomic E-state index is 12.0. The summed E-state index contributed by atoms with van der Waals surface area (Å²) in [5.74, 6) is 0.774. The van der Waals surface area contributed by atoms with E-state index in [4.69, 9.17) is 9.47 Å². The number of alkyl carbamates (subject to hydrolysis) is 1. The summed E-state index contributed by atoms with van der Waals surface area (Å²) in [6.07, 6.45) is 5.17. The average Bonchev–Trinajstić information content (AvgIpc) is 3.10.